The molecule has 142 valence electrons. The van der Waals surface area contributed by atoms with Gasteiger partial charge in [-0.15, -0.1) is 0 Å². The summed E-state index contributed by atoms with van der Waals surface area (Å²) >= 11 is 0. The molecule has 0 bridgehead atoms. The lowest BCUT2D eigenvalue weighted by atomic mass is 9.91. The number of nitrogens with zero attached hydrogens (tertiary/aromatic N) is 3. The van der Waals surface area contributed by atoms with Gasteiger partial charge in [-0.05, 0) is 62.6 Å². The first-order valence-electron chi connectivity index (χ1n) is 9.92. The highest BCUT2D eigenvalue weighted by molar-refractivity contribution is 5.93. The van der Waals surface area contributed by atoms with Crippen LogP contribution in [0.5, 0.6) is 0 Å². The number of pyridine rings is 1. The molecule has 0 amide bonds. The summed E-state index contributed by atoms with van der Waals surface area (Å²) in [5.41, 5.74) is 4.09. The van der Waals surface area contributed by atoms with Gasteiger partial charge >= 0.3 is 0 Å². The minimum absolute atomic E-state index is 0.462. The van der Waals surface area contributed by atoms with Crippen molar-refractivity contribution in [3.63, 3.8) is 0 Å². The van der Waals surface area contributed by atoms with E-state index in [0.717, 1.165) is 51.7 Å². The number of H-pyrrole nitrogens is 1. The highest BCUT2D eigenvalue weighted by Crippen LogP contribution is 2.30. The molecular formula is C22H24N6. The van der Waals surface area contributed by atoms with Gasteiger partial charge in [0, 0.05) is 40.8 Å². The summed E-state index contributed by atoms with van der Waals surface area (Å²) in [5.74, 6) is 0.926. The van der Waals surface area contributed by atoms with Gasteiger partial charge in [0.05, 0.1) is 5.52 Å². The van der Waals surface area contributed by atoms with E-state index in [0.29, 0.717) is 12.1 Å². The number of hydrogen-bond acceptors (Lipinski definition) is 5. The smallest absolute Gasteiger partial charge is 0.137 e. The van der Waals surface area contributed by atoms with E-state index in [2.05, 4.69) is 61.9 Å². The predicted octanol–water partition coefficient (Wildman–Crippen LogP) is 4.12. The van der Waals surface area contributed by atoms with E-state index < -0.39 is 0 Å². The third-order valence-electron chi connectivity index (χ3n) is 5.85. The van der Waals surface area contributed by atoms with E-state index in [1.807, 2.05) is 18.5 Å². The lowest BCUT2D eigenvalue weighted by Crippen LogP contribution is -2.35. The van der Waals surface area contributed by atoms with Crippen LogP contribution in [0.15, 0.2) is 49.1 Å². The third-order valence-corrected chi connectivity index (χ3v) is 5.85. The summed E-state index contributed by atoms with van der Waals surface area (Å²) < 4.78 is 0. The maximum Gasteiger partial charge on any atom is 0.137 e. The second-order valence-electron chi connectivity index (χ2n) is 7.58. The number of hydrogen-bond donors (Lipinski definition) is 3. The van der Waals surface area contributed by atoms with E-state index in [4.69, 9.17) is 0 Å². The zero-order valence-corrected chi connectivity index (χ0v) is 15.9. The van der Waals surface area contributed by atoms with Crippen LogP contribution >= 0.6 is 0 Å². The maximum atomic E-state index is 4.56. The van der Waals surface area contributed by atoms with Crippen molar-refractivity contribution in [2.75, 3.05) is 12.4 Å². The molecule has 3 aromatic heterocycles. The number of benzene rings is 1. The first-order chi connectivity index (χ1) is 13.8. The average Bonchev–Trinajstić information content (AvgIpc) is 3.22. The minimum Gasteiger partial charge on any atom is -0.367 e. The van der Waals surface area contributed by atoms with Gasteiger partial charge in [-0.3, -0.25) is 0 Å². The van der Waals surface area contributed by atoms with Gasteiger partial charge in [-0.25, -0.2) is 15.0 Å². The number of rotatable bonds is 4. The molecule has 6 nitrogen and oxygen atoms in total. The molecule has 28 heavy (non-hydrogen) atoms. The molecule has 5 rings (SSSR count). The van der Waals surface area contributed by atoms with Gasteiger partial charge in [-0.1, -0.05) is 6.07 Å². The fraction of sp³-hybridized carbons (Fsp3) is 0.318. The van der Waals surface area contributed by atoms with Crippen LogP contribution in [0.4, 0.5) is 5.82 Å². The first kappa shape index (κ1) is 17.1. The fourth-order valence-electron chi connectivity index (χ4n) is 4.17. The molecule has 3 heterocycles. The van der Waals surface area contributed by atoms with E-state index >= 15 is 0 Å². The van der Waals surface area contributed by atoms with Crippen LogP contribution in [0.2, 0.25) is 0 Å². The van der Waals surface area contributed by atoms with Crippen LogP contribution < -0.4 is 10.6 Å². The SMILES string of the molecule is CNC1CCC(Nc2ncnc3ccc(-c4cnc5[nH]ccc5c4)cc23)CC1. The second kappa shape index (κ2) is 7.20. The molecule has 3 N–H and O–H groups in total. The fourth-order valence-corrected chi connectivity index (χ4v) is 4.17. The summed E-state index contributed by atoms with van der Waals surface area (Å²) in [6, 6.07) is 11.7. The molecule has 0 spiro atoms. The van der Waals surface area contributed by atoms with E-state index in [1.54, 1.807) is 6.33 Å². The van der Waals surface area contributed by atoms with E-state index in [-0.39, 0.29) is 0 Å². The third kappa shape index (κ3) is 3.20. The topological polar surface area (TPSA) is 78.5 Å². The van der Waals surface area contributed by atoms with Crippen LogP contribution in [0.1, 0.15) is 25.7 Å². The quantitative estimate of drug-likeness (QED) is 0.502. The van der Waals surface area contributed by atoms with Gasteiger partial charge in [-0.2, -0.15) is 0 Å². The summed E-state index contributed by atoms with van der Waals surface area (Å²) in [7, 11) is 2.05. The summed E-state index contributed by atoms with van der Waals surface area (Å²) in [6.45, 7) is 0. The molecule has 0 aliphatic heterocycles. The summed E-state index contributed by atoms with van der Waals surface area (Å²) in [5, 5.41) is 9.24. The number of aromatic nitrogens is 4. The molecular weight excluding hydrogens is 348 g/mol. The Labute approximate surface area is 163 Å². The van der Waals surface area contributed by atoms with Crippen molar-refractivity contribution in [2.24, 2.45) is 0 Å². The van der Waals surface area contributed by atoms with Crippen LogP contribution in [-0.2, 0) is 0 Å². The standard InChI is InChI=1S/C22H24N6/c1-23-17-3-5-18(6-4-17)28-22-19-11-14(2-7-20(19)26-13-27-22)16-10-15-8-9-24-21(15)25-12-16/h2,7-13,17-18,23H,3-6H2,1H3,(H,24,25)(H,26,27,28). The monoisotopic (exact) mass is 372 g/mol. The Hall–Kier alpha value is -2.99. The highest BCUT2D eigenvalue weighted by Gasteiger charge is 2.20. The normalized spacial score (nSPS) is 19.9. The van der Waals surface area contributed by atoms with Crippen molar-refractivity contribution in [1.29, 1.82) is 0 Å². The van der Waals surface area contributed by atoms with Crippen molar-refractivity contribution in [1.82, 2.24) is 25.3 Å². The first-order valence-corrected chi connectivity index (χ1v) is 9.92. The predicted molar refractivity (Wildman–Crippen MR) is 113 cm³/mol. The molecule has 1 fully saturated rings. The van der Waals surface area contributed by atoms with Crippen molar-refractivity contribution < 1.29 is 0 Å². The lowest BCUT2D eigenvalue weighted by Gasteiger charge is -2.29. The number of fused-ring (bicyclic) bond motifs is 2. The van der Waals surface area contributed by atoms with Gasteiger partial charge in [0.25, 0.3) is 0 Å². The van der Waals surface area contributed by atoms with Crippen molar-refractivity contribution in [3.8, 4) is 11.1 Å². The number of anilines is 1. The molecule has 1 aromatic carbocycles. The largest absolute Gasteiger partial charge is 0.367 e. The van der Waals surface area contributed by atoms with Crippen LogP contribution in [-0.4, -0.2) is 39.1 Å². The van der Waals surface area contributed by atoms with Crippen molar-refractivity contribution in [2.45, 2.75) is 37.8 Å². The van der Waals surface area contributed by atoms with Crippen LogP contribution in [0.3, 0.4) is 0 Å². The van der Waals surface area contributed by atoms with Crippen molar-refractivity contribution in [3.05, 3.63) is 49.1 Å². The Balaban J connectivity index is 1.47. The van der Waals surface area contributed by atoms with E-state index in [9.17, 15) is 0 Å². The molecule has 0 atom stereocenters. The minimum atomic E-state index is 0.462. The van der Waals surface area contributed by atoms with Gasteiger partial charge < -0.3 is 15.6 Å². The van der Waals surface area contributed by atoms with Gasteiger partial charge in [0.1, 0.15) is 17.8 Å². The Morgan fingerprint density at radius 2 is 1.79 bits per heavy atom. The summed E-state index contributed by atoms with van der Waals surface area (Å²) in [4.78, 5) is 16.7. The Kier molecular flexibility index (Phi) is 4.41. The van der Waals surface area contributed by atoms with Crippen molar-refractivity contribution >= 4 is 27.8 Å². The Morgan fingerprint density at radius 3 is 2.64 bits per heavy atom. The van der Waals surface area contributed by atoms with E-state index in [1.165, 1.54) is 12.8 Å². The second-order valence-corrected chi connectivity index (χ2v) is 7.58. The molecule has 1 aliphatic rings. The Morgan fingerprint density at radius 1 is 0.929 bits per heavy atom. The molecule has 1 saturated carbocycles. The highest BCUT2D eigenvalue weighted by atomic mass is 15.0. The Bertz CT molecular complexity index is 1110. The lowest BCUT2D eigenvalue weighted by molar-refractivity contribution is 0.371. The average molecular weight is 372 g/mol. The zero-order valence-electron chi connectivity index (χ0n) is 15.9. The molecule has 0 unspecified atom stereocenters. The molecule has 6 heteroatoms. The molecule has 4 aromatic rings. The van der Waals surface area contributed by atoms with Gasteiger partial charge in [0.15, 0.2) is 0 Å². The van der Waals surface area contributed by atoms with Gasteiger partial charge in [0.2, 0.25) is 0 Å². The molecule has 0 radical (unpaired) electrons. The molecule has 1 aliphatic carbocycles. The maximum absolute atomic E-state index is 4.56. The van der Waals surface area contributed by atoms with Crippen LogP contribution in [0.25, 0.3) is 33.1 Å². The number of nitrogens with one attached hydrogen (secondary N) is 3. The molecule has 0 saturated heterocycles. The van der Waals surface area contributed by atoms with Crippen LogP contribution in [0, 0.1) is 0 Å². The summed E-state index contributed by atoms with van der Waals surface area (Å²) in [6.07, 6.45) is 10.2. The number of aromatic amines is 1. The zero-order chi connectivity index (χ0) is 18.9.